The number of benzene rings is 1. The fraction of sp³-hybridized carbons (Fsp3) is 0.429. The molecule has 2 N–H and O–H groups in total. The van der Waals surface area contributed by atoms with Crippen LogP contribution in [-0.4, -0.2) is 31.2 Å². The van der Waals surface area contributed by atoms with E-state index in [0.717, 1.165) is 5.39 Å². The van der Waals surface area contributed by atoms with Crippen molar-refractivity contribution in [3.63, 3.8) is 0 Å². The number of aliphatic hydroxyl groups excluding tert-OH is 1. The number of hydrogen-bond acceptors (Lipinski definition) is 3. The zero-order valence-corrected chi connectivity index (χ0v) is 10.9. The molecule has 2 rings (SSSR count). The standard InChI is InChI=1S/C14H17F2NO2/c1-14(13(15)16,12(8-18)17-2)10-3-4-11-9(7-10)5-6-19-11/h3-7,12-13,17-18H,8H2,1-2H3. The number of aliphatic hydroxyl groups is 1. The highest BCUT2D eigenvalue weighted by atomic mass is 19.3. The topological polar surface area (TPSA) is 45.4 Å². The molecule has 0 aliphatic carbocycles. The van der Waals surface area contributed by atoms with E-state index in [1.807, 2.05) is 0 Å². The van der Waals surface area contributed by atoms with Gasteiger partial charge in [0.2, 0.25) is 6.43 Å². The molecule has 2 unspecified atom stereocenters. The van der Waals surface area contributed by atoms with Crippen molar-refractivity contribution in [3.05, 3.63) is 36.1 Å². The van der Waals surface area contributed by atoms with E-state index in [1.54, 1.807) is 31.3 Å². The van der Waals surface area contributed by atoms with Gasteiger partial charge >= 0.3 is 0 Å². The van der Waals surface area contributed by atoms with E-state index in [1.165, 1.54) is 13.2 Å². The molecule has 1 aromatic carbocycles. The molecule has 1 heterocycles. The van der Waals surface area contributed by atoms with Crippen molar-refractivity contribution in [3.8, 4) is 0 Å². The van der Waals surface area contributed by atoms with Crippen LogP contribution in [0.15, 0.2) is 34.9 Å². The fourth-order valence-corrected chi connectivity index (χ4v) is 2.36. The summed E-state index contributed by atoms with van der Waals surface area (Å²) in [5, 5.41) is 12.9. The SMILES string of the molecule is CNC(CO)C(C)(c1ccc2occc2c1)C(F)F. The van der Waals surface area contributed by atoms with Crippen LogP contribution in [0.4, 0.5) is 8.78 Å². The summed E-state index contributed by atoms with van der Waals surface area (Å²) in [6, 6.07) is 5.99. The Labute approximate surface area is 110 Å². The van der Waals surface area contributed by atoms with Gasteiger partial charge in [0.25, 0.3) is 0 Å². The second-order valence-corrected chi connectivity index (χ2v) is 4.78. The zero-order valence-electron chi connectivity index (χ0n) is 10.9. The lowest BCUT2D eigenvalue weighted by molar-refractivity contribution is 0.0220. The minimum Gasteiger partial charge on any atom is -0.464 e. The van der Waals surface area contributed by atoms with Crippen LogP contribution in [0, 0.1) is 0 Å². The monoisotopic (exact) mass is 269 g/mol. The summed E-state index contributed by atoms with van der Waals surface area (Å²) in [6.07, 6.45) is -1.07. The summed E-state index contributed by atoms with van der Waals surface area (Å²) in [5.41, 5.74) is -0.329. The van der Waals surface area contributed by atoms with Crippen molar-refractivity contribution in [2.24, 2.45) is 0 Å². The summed E-state index contributed by atoms with van der Waals surface area (Å²) in [6.45, 7) is 1.09. The molecule has 2 atom stereocenters. The predicted octanol–water partition coefficient (Wildman–Crippen LogP) is 2.54. The molecule has 19 heavy (non-hydrogen) atoms. The molecule has 5 heteroatoms. The Hall–Kier alpha value is -1.46. The Balaban J connectivity index is 2.53. The smallest absolute Gasteiger partial charge is 0.249 e. The van der Waals surface area contributed by atoms with E-state index < -0.39 is 17.9 Å². The van der Waals surface area contributed by atoms with Gasteiger partial charge in [0.15, 0.2) is 0 Å². The number of fused-ring (bicyclic) bond motifs is 1. The van der Waals surface area contributed by atoms with Gasteiger partial charge in [-0.3, -0.25) is 0 Å². The maximum Gasteiger partial charge on any atom is 0.249 e. The van der Waals surface area contributed by atoms with Crippen molar-refractivity contribution in [2.45, 2.75) is 24.8 Å². The van der Waals surface area contributed by atoms with E-state index in [2.05, 4.69) is 5.32 Å². The number of hydrogen-bond donors (Lipinski definition) is 2. The van der Waals surface area contributed by atoms with Gasteiger partial charge in [0, 0.05) is 11.4 Å². The van der Waals surface area contributed by atoms with E-state index in [0.29, 0.717) is 11.1 Å². The molecule has 104 valence electrons. The van der Waals surface area contributed by atoms with Crippen LogP contribution in [0.1, 0.15) is 12.5 Å². The third-order valence-corrected chi connectivity index (χ3v) is 3.78. The van der Waals surface area contributed by atoms with Crippen molar-refractivity contribution in [1.82, 2.24) is 5.32 Å². The van der Waals surface area contributed by atoms with Crippen LogP contribution < -0.4 is 5.32 Å². The minimum atomic E-state index is -2.60. The van der Waals surface area contributed by atoms with Crippen LogP contribution in [0.2, 0.25) is 0 Å². The van der Waals surface area contributed by atoms with Crippen LogP contribution >= 0.6 is 0 Å². The van der Waals surface area contributed by atoms with E-state index in [-0.39, 0.29) is 6.61 Å². The number of nitrogens with one attached hydrogen (secondary N) is 1. The van der Waals surface area contributed by atoms with Gasteiger partial charge in [-0.15, -0.1) is 0 Å². The van der Waals surface area contributed by atoms with Crippen LogP contribution in [0.3, 0.4) is 0 Å². The van der Waals surface area contributed by atoms with Gasteiger partial charge in [-0.1, -0.05) is 6.07 Å². The lowest BCUT2D eigenvalue weighted by Gasteiger charge is -2.36. The fourth-order valence-electron chi connectivity index (χ4n) is 2.36. The molecule has 0 amide bonds. The van der Waals surface area contributed by atoms with Gasteiger partial charge in [-0.05, 0) is 37.7 Å². The van der Waals surface area contributed by atoms with E-state index >= 15 is 0 Å². The van der Waals surface area contributed by atoms with Crippen molar-refractivity contribution >= 4 is 11.0 Å². The normalized spacial score (nSPS) is 16.7. The first kappa shape index (κ1) is 14.0. The molecule has 0 aliphatic heterocycles. The maximum absolute atomic E-state index is 13.5. The zero-order chi connectivity index (χ0) is 14.0. The summed E-state index contributed by atoms with van der Waals surface area (Å²) in [7, 11) is 1.57. The Bertz CT molecular complexity index is 551. The second kappa shape index (κ2) is 5.27. The quantitative estimate of drug-likeness (QED) is 0.876. The third kappa shape index (κ3) is 2.24. The van der Waals surface area contributed by atoms with Gasteiger partial charge in [-0.25, -0.2) is 8.78 Å². The van der Waals surface area contributed by atoms with Gasteiger partial charge in [-0.2, -0.15) is 0 Å². The predicted molar refractivity (Wildman–Crippen MR) is 69.5 cm³/mol. The number of alkyl halides is 2. The molecule has 0 spiro atoms. The van der Waals surface area contributed by atoms with Crippen molar-refractivity contribution < 1.29 is 18.3 Å². The molecule has 1 aromatic heterocycles. The van der Waals surface area contributed by atoms with Crippen molar-refractivity contribution in [2.75, 3.05) is 13.7 Å². The average molecular weight is 269 g/mol. The number of likely N-dealkylation sites (N-methyl/N-ethyl adjacent to an activating group) is 1. The first-order valence-electron chi connectivity index (χ1n) is 6.08. The Morgan fingerprint density at radius 2 is 2.11 bits per heavy atom. The first-order valence-corrected chi connectivity index (χ1v) is 6.08. The molecule has 0 saturated heterocycles. The van der Waals surface area contributed by atoms with E-state index in [9.17, 15) is 13.9 Å². The van der Waals surface area contributed by atoms with Gasteiger partial charge in [0.1, 0.15) is 5.58 Å². The summed E-state index contributed by atoms with van der Waals surface area (Å²) in [4.78, 5) is 0. The van der Waals surface area contributed by atoms with E-state index in [4.69, 9.17) is 4.42 Å². The summed E-state index contributed by atoms with van der Waals surface area (Å²) >= 11 is 0. The second-order valence-electron chi connectivity index (χ2n) is 4.78. The number of rotatable bonds is 5. The summed E-state index contributed by atoms with van der Waals surface area (Å²) < 4.78 is 32.3. The average Bonchev–Trinajstić information content (AvgIpc) is 2.86. The molecular weight excluding hydrogens is 252 g/mol. The number of halogens is 2. The molecule has 0 saturated carbocycles. The highest BCUT2D eigenvalue weighted by Crippen LogP contribution is 2.36. The van der Waals surface area contributed by atoms with Gasteiger partial charge in [0.05, 0.1) is 18.3 Å². The lowest BCUT2D eigenvalue weighted by atomic mass is 9.76. The molecule has 0 fully saturated rings. The largest absolute Gasteiger partial charge is 0.464 e. The molecule has 0 aliphatic rings. The molecule has 2 aromatic rings. The van der Waals surface area contributed by atoms with Crippen LogP contribution in [-0.2, 0) is 5.41 Å². The Kier molecular flexibility index (Phi) is 3.87. The lowest BCUT2D eigenvalue weighted by Crippen LogP contribution is -2.52. The Morgan fingerprint density at radius 1 is 1.37 bits per heavy atom. The third-order valence-electron chi connectivity index (χ3n) is 3.78. The molecular formula is C14H17F2NO2. The van der Waals surface area contributed by atoms with Crippen LogP contribution in [0.5, 0.6) is 0 Å². The minimum absolute atomic E-state index is 0.360. The highest BCUT2D eigenvalue weighted by molar-refractivity contribution is 5.78. The molecule has 3 nitrogen and oxygen atoms in total. The summed E-state index contributed by atoms with van der Waals surface area (Å²) in [5.74, 6) is 0. The molecule has 0 bridgehead atoms. The maximum atomic E-state index is 13.5. The highest BCUT2D eigenvalue weighted by Gasteiger charge is 2.43. The molecule has 0 radical (unpaired) electrons. The van der Waals surface area contributed by atoms with Crippen LogP contribution in [0.25, 0.3) is 11.0 Å². The van der Waals surface area contributed by atoms with Crippen molar-refractivity contribution in [1.29, 1.82) is 0 Å². The number of furan rings is 1. The first-order chi connectivity index (χ1) is 9.03. The van der Waals surface area contributed by atoms with Gasteiger partial charge < -0.3 is 14.8 Å². The Morgan fingerprint density at radius 3 is 2.68 bits per heavy atom.